The number of anilines is 1. The van der Waals surface area contributed by atoms with Gasteiger partial charge in [-0.2, -0.15) is 0 Å². The summed E-state index contributed by atoms with van der Waals surface area (Å²) in [5.41, 5.74) is 4.20. The summed E-state index contributed by atoms with van der Waals surface area (Å²) in [6.07, 6.45) is 1.16. The standard InChI is InChI=1S/C15H18N2S/c1-11-5-6-14(18-11)10-16-9-13-4-2-3-12-7-8-17-15(12)13/h2-6,16-17H,7-10H2,1H3. The van der Waals surface area contributed by atoms with Crippen LogP contribution in [-0.4, -0.2) is 6.54 Å². The normalized spacial score (nSPS) is 13.4. The number of hydrogen-bond acceptors (Lipinski definition) is 3. The molecule has 2 nitrogen and oxygen atoms in total. The molecule has 0 fully saturated rings. The van der Waals surface area contributed by atoms with E-state index in [1.54, 1.807) is 0 Å². The Hall–Kier alpha value is -1.32. The third-order valence-electron chi connectivity index (χ3n) is 3.34. The predicted molar refractivity (Wildman–Crippen MR) is 78.2 cm³/mol. The quantitative estimate of drug-likeness (QED) is 0.879. The van der Waals surface area contributed by atoms with Crippen molar-refractivity contribution in [2.75, 3.05) is 11.9 Å². The molecule has 2 heterocycles. The first-order valence-corrected chi connectivity index (χ1v) is 7.25. The third kappa shape index (κ3) is 2.42. The smallest absolute Gasteiger partial charge is 0.0419 e. The predicted octanol–water partition coefficient (Wildman–Crippen LogP) is 3.31. The molecule has 0 saturated carbocycles. The SMILES string of the molecule is Cc1ccc(CNCc2cccc3c2NCC3)s1. The van der Waals surface area contributed by atoms with Crippen LogP contribution >= 0.6 is 11.3 Å². The highest BCUT2D eigenvalue weighted by Crippen LogP contribution is 2.26. The molecule has 94 valence electrons. The highest BCUT2D eigenvalue weighted by Gasteiger charge is 2.12. The maximum absolute atomic E-state index is 3.53. The third-order valence-corrected chi connectivity index (χ3v) is 4.34. The van der Waals surface area contributed by atoms with Crippen molar-refractivity contribution in [2.45, 2.75) is 26.4 Å². The van der Waals surface area contributed by atoms with Crippen LogP contribution in [0.15, 0.2) is 30.3 Å². The number of para-hydroxylation sites is 1. The van der Waals surface area contributed by atoms with Crippen LogP contribution in [0.25, 0.3) is 0 Å². The lowest BCUT2D eigenvalue weighted by molar-refractivity contribution is 0.702. The van der Waals surface area contributed by atoms with Crippen LogP contribution in [0, 0.1) is 6.92 Å². The van der Waals surface area contributed by atoms with E-state index in [9.17, 15) is 0 Å². The van der Waals surface area contributed by atoms with Crippen molar-refractivity contribution < 1.29 is 0 Å². The second kappa shape index (κ2) is 5.12. The van der Waals surface area contributed by atoms with Crippen LogP contribution in [-0.2, 0) is 19.5 Å². The topological polar surface area (TPSA) is 24.1 Å². The zero-order valence-corrected chi connectivity index (χ0v) is 11.4. The van der Waals surface area contributed by atoms with E-state index in [4.69, 9.17) is 0 Å². The average molecular weight is 258 g/mol. The van der Waals surface area contributed by atoms with Crippen LogP contribution in [0.4, 0.5) is 5.69 Å². The summed E-state index contributed by atoms with van der Waals surface area (Å²) in [7, 11) is 0. The van der Waals surface area contributed by atoms with Gasteiger partial charge in [-0.1, -0.05) is 18.2 Å². The molecule has 0 saturated heterocycles. The van der Waals surface area contributed by atoms with Gasteiger partial charge in [0.25, 0.3) is 0 Å². The van der Waals surface area contributed by atoms with E-state index >= 15 is 0 Å². The summed E-state index contributed by atoms with van der Waals surface area (Å²) in [6, 6.07) is 11.0. The monoisotopic (exact) mass is 258 g/mol. The Morgan fingerprint density at radius 2 is 2.17 bits per heavy atom. The zero-order valence-electron chi connectivity index (χ0n) is 10.6. The molecule has 0 bridgehead atoms. The van der Waals surface area contributed by atoms with Crippen molar-refractivity contribution >= 4 is 17.0 Å². The first-order chi connectivity index (χ1) is 8.83. The molecule has 1 aromatic heterocycles. The summed E-state index contributed by atoms with van der Waals surface area (Å²) in [6.45, 7) is 5.13. The molecule has 18 heavy (non-hydrogen) atoms. The Labute approximate surface area is 112 Å². The largest absolute Gasteiger partial charge is 0.384 e. The summed E-state index contributed by atoms with van der Waals surface area (Å²) in [4.78, 5) is 2.79. The minimum absolute atomic E-state index is 0.938. The van der Waals surface area contributed by atoms with Gasteiger partial charge in [-0.3, -0.25) is 0 Å². The number of hydrogen-bond donors (Lipinski definition) is 2. The van der Waals surface area contributed by atoms with Crippen LogP contribution in [0.1, 0.15) is 20.9 Å². The summed E-state index contributed by atoms with van der Waals surface area (Å²) < 4.78 is 0. The lowest BCUT2D eigenvalue weighted by atomic mass is 10.1. The Kier molecular flexibility index (Phi) is 3.35. The van der Waals surface area contributed by atoms with Crippen molar-refractivity contribution in [3.8, 4) is 0 Å². The molecule has 1 aliphatic rings. The van der Waals surface area contributed by atoms with Gasteiger partial charge in [-0.25, -0.2) is 0 Å². The highest BCUT2D eigenvalue weighted by atomic mass is 32.1. The summed E-state index contributed by atoms with van der Waals surface area (Å²) in [5.74, 6) is 0. The van der Waals surface area contributed by atoms with Crippen LogP contribution in [0.3, 0.4) is 0 Å². The Balaban J connectivity index is 1.62. The molecule has 2 N–H and O–H groups in total. The molecule has 0 aliphatic carbocycles. The molecule has 0 spiro atoms. The van der Waals surface area contributed by atoms with Crippen LogP contribution in [0.5, 0.6) is 0 Å². The first kappa shape index (κ1) is 11.8. The molecule has 3 rings (SSSR count). The Morgan fingerprint density at radius 1 is 1.22 bits per heavy atom. The molecule has 1 aromatic carbocycles. The number of aryl methyl sites for hydroxylation is 1. The van der Waals surface area contributed by atoms with Gasteiger partial charge in [0, 0.05) is 35.1 Å². The molecule has 3 heteroatoms. The van der Waals surface area contributed by atoms with Gasteiger partial charge in [0.05, 0.1) is 0 Å². The van der Waals surface area contributed by atoms with E-state index in [2.05, 4.69) is 47.9 Å². The molecule has 2 aromatic rings. The second-order valence-electron chi connectivity index (χ2n) is 4.74. The zero-order chi connectivity index (χ0) is 12.4. The summed E-state index contributed by atoms with van der Waals surface area (Å²) in [5, 5.41) is 7.02. The van der Waals surface area contributed by atoms with Gasteiger partial charge >= 0.3 is 0 Å². The van der Waals surface area contributed by atoms with Gasteiger partial charge in [-0.15, -0.1) is 11.3 Å². The van der Waals surface area contributed by atoms with Gasteiger partial charge in [-0.05, 0) is 36.6 Å². The fourth-order valence-corrected chi connectivity index (χ4v) is 3.32. The fraction of sp³-hybridized carbons (Fsp3) is 0.333. The van der Waals surface area contributed by atoms with Crippen molar-refractivity contribution in [1.82, 2.24) is 5.32 Å². The minimum atomic E-state index is 0.938. The van der Waals surface area contributed by atoms with Gasteiger partial charge in [0.1, 0.15) is 0 Å². The van der Waals surface area contributed by atoms with E-state index < -0.39 is 0 Å². The van der Waals surface area contributed by atoms with E-state index in [-0.39, 0.29) is 0 Å². The maximum Gasteiger partial charge on any atom is 0.0419 e. The lowest BCUT2D eigenvalue weighted by Gasteiger charge is -2.09. The van der Waals surface area contributed by atoms with E-state index in [0.29, 0.717) is 0 Å². The van der Waals surface area contributed by atoms with Gasteiger partial charge < -0.3 is 10.6 Å². The molecule has 0 unspecified atom stereocenters. The fourth-order valence-electron chi connectivity index (χ4n) is 2.46. The molecule has 1 aliphatic heterocycles. The Bertz CT molecular complexity index is 545. The Morgan fingerprint density at radius 3 is 3.00 bits per heavy atom. The second-order valence-corrected chi connectivity index (χ2v) is 6.12. The van der Waals surface area contributed by atoms with Gasteiger partial charge in [0.2, 0.25) is 0 Å². The maximum atomic E-state index is 3.53. The van der Waals surface area contributed by atoms with Crippen LogP contribution in [0.2, 0.25) is 0 Å². The number of nitrogens with one attached hydrogen (secondary N) is 2. The molecule has 0 amide bonds. The van der Waals surface area contributed by atoms with Gasteiger partial charge in [0.15, 0.2) is 0 Å². The molecule has 0 radical (unpaired) electrons. The van der Waals surface area contributed by atoms with Crippen molar-refractivity contribution in [2.24, 2.45) is 0 Å². The van der Waals surface area contributed by atoms with E-state index in [1.807, 2.05) is 11.3 Å². The summed E-state index contributed by atoms with van der Waals surface area (Å²) >= 11 is 1.87. The van der Waals surface area contributed by atoms with E-state index in [1.165, 1.54) is 26.6 Å². The number of rotatable bonds is 4. The number of thiophene rings is 1. The molecular formula is C15H18N2S. The van der Waals surface area contributed by atoms with Crippen molar-refractivity contribution in [3.63, 3.8) is 0 Å². The van der Waals surface area contributed by atoms with Crippen molar-refractivity contribution in [3.05, 3.63) is 51.2 Å². The van der Waals surface area contributed by atoms with Crippen LogP contribution < -0.4 is 10.6 Å². The molecule has 0 atom stereocenters. The van der Waals surface area contributed by atoms with Crippen molar-refractivity contribution in [1.29, 1.82) is 0 Å². The minimum Gasteiger partial charge on any atom is -0.384 e. The number of fused-ring (bicyclic) bond motifs is 1. The van der Waals surface area contributed by atoms with E-state index in [0.717, 1.165) is 26.1 Å². The lowest BCUT2D eigenvalue weighted by Crippen LogP contribution is -2.12. The molecular weight excluding hydrogens is 240 g/mol. The number of benzene rings is 1. The highest BCUT2D eigenvalue weighted by molar-refractivity contribution is 7.11. The average Bonchev–Trinajstić information content (AvgIpc) is 2.98. The first-order valence-electron chi connectivity index (χ1n) is 6.43.